The van der Waals surface area contributed by atoms with Crippen molar-refractivity contribution in [1.82, 2.24) is 5.43 Å². The van der Waals surface area contributed by atoms with Crippen LogP contribution in [0.5, 0.6) is 11.5 Å². The van der Waals surface area contributed by atoms with Gasteiger partial charge in [-0.1, -0.05) is 30.3 Å². The minimum absolute atomic E-state index is 0.666. The predicted octanol–water partition coefficient (Wildman–Crippen LogP) is 3.55. The van der Waals surface area contributed by atoms with Gasteiger partial charge in [-0.25, -0.2) is 5.43 Å². The van der Waals surface area contributed by atoms with Crippen LogP contribution in [-0.4, -0.2) is 14.2 Å². The lowest BCUT2D eigenvalue weighted by Gasteiger charge is -2.15. The minimum Gasteiger partial charge on any atom is -0.493 e. The Morgan fingerprint density at radius 2 is 1.86 bits per heavy atom. The number of hydrogen-bond acceptors (Lipinski definition) is 4. The van der Waals surface area contributed by atoms with E-state index in [4.69, 9.17) is 9.47 Å². The van der Waals surface area contributed by atoms with Gasteiger partial charge in [0.25, 0.3) is 0 Å². The average molecular weight is 298 g/mol. The number of nitrogens with one attached hydrogen (secondary N) is 2. The number of hydrogen-bond donors (Lipinski definition) is 2. The number of rotatable bonds is 8. The molecular formula is C18H22N2O2. The van der Waals surface area contributed by atoms with Gasteiger partial charge in [-0.2, -0.15) is 0 Å². The Bertz CT molecular complexity index is 612. The number of anilines is 1. The van der Waals surface area contributed by atoms with Crippen molar-refractivity contribution in [3.05, 3.63) is 66.2 Å². The highest BCUT2D eigenvalue weighted by molar-refractivity contribution is 5.50. The van der Waals surface area contributed by atoms with Gasteiger partial charge in [0.15, 0.2) is 11.5 Å². The maximum atomic E-state index is 5.44. The summed E-state index contributed by atoms with van der Waals surface area (Å²) in [5.74, 6) is 1.50. The van der Waals surface area contributed by atoms with E-state index in [0.717, 1.165) is 34.7 Å². The summed E-state index contributed by atoms with van der Waals surface area (Å²) in [7, 11) is 3.30. The zero-order chi connectivity index (χ0) is 15.8. The predicted molar refractivity (Wildman–Crippen MR) is 90.4 cm³/mol. The molecule has 0 saturated carbocycles. The van der Waals surface area contributed by atoms with E-state index in [-0.39, 0.29) is 0 Å². The highest BCUT2D eigenvalue weighted by atomic mass is 16.5. The van der Waals surface area contributed by atoms with Crippen molar-refractivity contribution in [2.75, 3.05) is 19.6 Å². The zero-order valence-electron chi connectivity index (χ0n) is 13.1. The van der Waals surface area contributed by atoms with Gasteiger partial charge in [-0.05, 0) is 30.2 Å². The fraction of sp³-hybridized carbons (Fsp3) is 0.222. The van der Waals surface area contributed by atoms with Gasteiger partial charge in [0, 0.05) is 17.8 Å². The molecule has 0 unspecified atom stereocenters. The fourth-order valence-electron chi connectivity index (χ4n) is 2.29. The maximum Gasteiger partial charge on any atom is 0.164 e. The van der Waals surface area contributed by atoms with Crippen LogP contribution >= 0.6 is 0 Å². The average Bonchev–Trinajstić information content (AvgIpc) is 2.55. The molecule has 0 aliphatic carbocycles. The molecular weight excluding hydrogens is 276 g/mol. The molecule has 2 aromatic rings. The van der Waals surface area contributed by atoms with Crippen molar-refractivity contribution >= 4 is 5.69 Å². The molecule has 4 heteroatoms. The van der Waals surface area contributed by atoms with Crippen LogP contribution in [0.15, 0.2) is 55.1 Å². The Morgan fingerprint density at radius 3 is 2.50 bits per heavy atom. The van der Waals surface area contributed by atoms with Crippen LogP contribution in [0.4, 0.5) is 5.69 Å². The van der Waals surface area contributed by atoms with Crippen molar-refractivity contribution in [2.45, 2.75) is 13.0 Å². The number of para-hydroxylation sites is 1. The summed E-state index contributed by atoms with van der Waals surface area (Å²) >= 11 is 0. The molecule has 0 bridgehead atoms. The quantitative estimate of drug-likeness (QED) is 0.578. The van der Waals surface area contributed by atoms with Gasteiger partial charge >= 0.3 is 0 Å². The summed E-state index contributed by atoms with van der Waals surface area (Å²) in [6.07, 6.45) is 2.59. The second-order valence-corrected chi connectivity index (χ2v) is 4.83. The Hall–Kier alpha value is -2.46. The van der Waals surface area contributed by atoms with Gasteiger partial charge in [0.1, 0.15) is 0 Å². The maximum absolute atomic E-state index is 5.44. The third-order valence-corrected chi connectivity index (χ3v) is 3.28. The molecule has 0 amide bonds. The Morgan fingerprint density at radius 1 is 1.09 bits per heavy atom. The molecule has 4 nitrogen and oxygen atoms in total. The van der Waals surface area contributed by atoms with Crippen molar-refractivity contribution in [2.24, 2.45) is 0 Å². The van der Waals surface area contributed by atoms with Crippen LogP contribution in [0.1, 0.15) is 11.1 Å². The molecule has 0 aromatic heterocycles. The topological polar surface area (TPSA) is 42.5 Å². The molecule has 0 aliphatic heterocycles. The van der Waals surface area contributed by atoms with Crippen molar-refractivity contribution in [3.8, 4) is 11.5 Å². The van der Waals surface area contributed by atoms with Crippen LogP contribution in [0, 0.1) is 0 Å². The van der Waals surface area contributed by atoms with E-state index in [0.29, 0.717) is 6.54 Å². The first kappa shape index (κ1) is 15.9. The molecule has 0 radical (unpaired) electrons. The lowest BCUT2D eigenvalue weighted by molar-refractivity contribution is 0.351. The van der Waals surface area contributed by atoms with Gasteiger partial charge in [-0.15, -0.1) is 6.58 Å². The van der Waals surface area contributed by atoms with E-state index in [1.54, 1.807) is 14.2 Å². The van der Waals surface area contributed by atoms with Crippen LogP contribution < -0.4 is 20.3 Å². The summed E-state index contributed by atoms with van der Waals surface area (Å²) in [6, 6.07) is 14.1. The highest BCUT2D eigenvalue weighted by Gasteiger charge is 2.11. The van der Waals surface area contributed by atoms with E-state index in [1.165, 1.54) is 0 Å². The number of methoxy groups -OCH3 is 2. The summed E-state index contributed by atoms with van der Waals surface area (Å²) in [5.41, 5.74) is 9.57. The molecule has 116 valence electrons. The van der Waals surface area contributed by atoms with Gasteiger partial charge in [0.05, 0.1) is 14.2 Å². The summed E-state index contributed by atoms with van der Waals surface area (Å²) in [5, 5.41) is 0. The molecule has 0 atom stereocenters. The Labute approximate surface area is 131 Å². The van der Waals surface area contributed by atoms with Crippen LogP contribution in [0.2, 0.25) is 0 Å². The molecule has 2 rings (SSSR count). The Balaban J connectivity index is 2.09. The van der Waals surface area contributed by atoms with E-state index in [1.807, 2.05) is 42.5 Å². The zero-order valence-corrected chi connectivity index (χ0v) is 13.1. The molecule has 0 fully saturated rings. The fourth-order valence-corrected chi connectivity index (χ4v) is 2.29. The Kier molecular flexibility index (Phi) is 5.86. The number of hydrazine groups is 1. The molecule has 0 spiro atoms. The monoisotopic (exact) mass is 298 g/mol. The summed E-state index contributed by atoms with van der Waals surface area (Å²) in [6.45, 7) is 4.46. The molecule has 2 N–H and O–H groups in total. The van der Waals surface area contributed by atoms with Gasteiger partial charge in [-0.3, -0.25) is 0 Å². The number of allylic oxidation sites excluding steroid dienone is 1. The first-order valence-electron chi connectivity index (χ1n) is 7.17. The van der Waals surface area contributed by atoms with Crippen molar-refractivity contribution in [1.29, 1.82) is 0 Å². The first-order chi connectivity index (χ1) is 10.8. The number of benzene rings is 2. The SMILES string of the molecule is C=CCc1cc(CNNc2ccccc2)cc(OC)c1OC. The second-order valence-electron chi connectivity index (χ2n) is 4.83. The van der Waals surface area contributed by atoms with Gasteiger partial charge in [0.2, 0.25) is 0 Å². The van der Waals surface area contributed by atoms with Crippen molar-refractivity contribution in [3.63, 3.8) is 0 Å². The third kappa shape index (κ3) is 4.02. The molecule has 0 aliphatic rings. The van der Waals surface area contributed by atoms with E-state index >= 15 is 0 Å². The smallest absolute Gasteiger partial charge is 0.164 e. The van der Waals surface area contributed by atoms with E-state index < -0.39 is 0 Å². The van der Waals surface area contributed by atoms with Crippen LogP contribution in [0.3, 0.4) is 0 Å². The second kappa shape index (κ2) is 8.10. The molecule has 22 heavy (non-hydrogen) atoms. The van der Waals surface area contributed by atoms with E-state index in [2.05, 4.69) is 23.5 Å². The molecule has 0 heterocycles. The number of ether oxygens (including phenoxy) is 2. The summed E-state index contributed by atoms with van der Waals surface area (Å²) < 4.78 is 10.9. The molecule has 0 saturated heterocycles. The first-order valence-corrected chi connectivity index (χ1v) is 7.17. The lowest BCUT2D eigenvalue weighted by atomic mass is 10.1. The van der Waals surface area contributed by atoms with E-state index in [9.17, 15) is 0 Å². The third-order valence-electron chi connectivity index (χ3n) is 3.28. The largest absolute Gasteiger partial charge is 0.493 e. The normalized spacial score (nSPS) is 10.1. The highest BCUT2D eigenvalue weighted by Crippen LogP contribution is 2.33. The lowest BCUT2D eigenvalue weighted by Crippen LogP contribution is -2.21. The minimum atomic E-state index is 0.666. The van der Waals surface area contributed by atoms with Crippen LogP contribution in [0.25, 0.3) is 0 Å². The molecule has 2 aromatic carbocycles. The summed E-state index contributed by atoms with van der Waals surface area (Å²) in [4.78, 5) is 0. The van der Waals surface area contributed by atoms with Gasteiger partial charge < -0.3 is 14.9 Å². The standard InChI is InChI=1S/C18H22N2O2/c1-4-8-15-11-14(12-17(21-2)18(15)22-3)13-19-20-16-9-6-5-7-10-16/h4-7,9-12,19-20H,1,8,13H2,2-3H3. The van der Waals surface area contributed by atoms with Crippen molar-refractivity contribution < 1.29 is 9.47 Å². The van der Waals surface area contributed by atoms with Crippen LogP contribution in [-0.2, 0) is 13.0 Å².